The van der Waals surface area contributed by atoms with Crippen LogP contribution in [-0.4, -0.2) is 15.4 Å². The average molecular weight is 214 g/mol. The fourth-order valence-electron chi connectivity index (χ4n) is 1.12. The van der Waals surface area contributed by atoms with Crippen molar-refractivity contribution >= 4 is 8.32 Å². The van der Waals surface area contributed by atoms with Crippen LogP contribution in [-0.2, 0) is 9.16 Å². The molecule has 0 radical (unpaired) electrons. The van der Waals surface area contributed by atoms with Gasteiger partial charge in [0.25, 0.3) is 5.95 Å². The molecule has 14 heavy (non-hydrogen) atoms. The third-order valence-electron chi connectivity index (χ3n) is 1.70. The van der Waals surface area contributed by atoms with E-state index in [0.717, 1.165) is 17.6 Å². The van der Waals surface area contributed by atoms with Crippen LogP contribution >= 0.6 is 0 Å². The highest BCUT2D eigenvalue weighted by Crippen LogP contribution is 2.21. The van der Waals surface area contributed by atoms with E-state index in [2.05, 4.69) is 33.1 Å². The van der Waals surface area contributed by atoms with Crippen molar-refractivity contribution in [2.24, 2.45) is 0 Å². The summed E-state index contributed by atoms with van der Waals surface area (Å²) in [6.07, 6.45) is 0.892. The molecule has 0 aromatic heterocycles. The minimum Gasteiger partial charge on any atom is -0.520 e. The van der Waals surface area contributed by atoms with Gasteiger partial charge in [-0.1, -0.05) is 13.5 Å². The zero-order chi connectivity index (χ0) is 11.4. The summed E-state index contributed by atoms with van der Waals surface area (Å²) in [7, 11) is 0.0567. The van der Waals surface area contributed by atoms with Crippen LogP contribution in [0.25, 0.3) is 0 Å². The second-order valence-electron chi connectivity index (χ2n) is 4.32. The van der Waals surface area contributed by atoms with E-state index >= 15 is 0 Å². The molecule has 0 amide bonds. The Labute approximate surface area is 88.7 Å². The molecule has 0 aromatic rings. The Kier molecular flexibility index (Phi) is 4.98. The van der Waals surface area contributed by atoms with Crippen molar-refractivity contribution in [1.82, 2.24) is 0 Å². The van der Waals surface area contributed by atoms with Gasteiger partial charge in [-0.3, -0.25) is 0 Å². The van der Waals surface area contributed by atoms with Crippen molar-refractivity contribution < 1.29 is 9.16 Å². The lowest BCUT2D eigenvalue weighted by atomic mass is 10.1. The van der Waals surface area contributed by atoms with Crippen molar-refractivity contribution in [2.45, 2.75) is 39.9 Å². The van der Waals surface area contributed by atoms with E-state index in [0.29, 0.717) is 5.95 Å². The van der Waals surface area contributed by atoms with Gasteiger partial charge in [-0.05, 0) is 38.6 Å². The van der Waals surface area contributed by atoms with Gasteiger partial charge in [-0.2, -0.15) is 0 Å². The van der Waals surface area contributed by atoms with Crippen LogP contribution in [0.5, 0.6) is 0 Å². The van der Waals surface area contributed by atoms with Crippen LogP contribution in [0.3, 0.4) is 0 Å². The van der Waals surface area contributed by atoms with Crippen molar-refractivity contribution in [1.29, 1.82) is 0 Å². The van der Waals surface area contributed by atoms with Crippen molar-refractivity contribution in [3.63, 3.8) is 0 Å². The molecule has 0 spiro atoms. The first-order chi connectivity index (χ1) is 6.31. The molecule has 0 rings (SSSR count). The standard InChI is InChI=1S/C11H22O2Si/c1-8-10(9(2)3)11(12-4)13-14(5,6)7/h2,8H2,1,3-7H3/b11-10+. The van der Waals surface area contributed by atoms with E-state index < -0.39 is 8.32 Å². The lowest BCUT2D eigenvalue weighted by Crippen LogP contribution is -2.26. The quantitative estimate of drug-likeness (QED) is 0.395. The van der Waals surface area contributed by atoms with Gasteiger partial charge in [0.2, 0.25) is 8.32 Å². The predicted molar refractivity (Wildman–Crippen MR) is 63.6 cm³/mol. The van der Waals surface area contributed by atoms with E-state index in [9.17, 15) is 0 Å². The van der Waals surface area contributed by atoms with Gasteiger partial charge in [-0.15, -0.1) is 0 Å². The first kappa shape index (κ1) is 13.3. The fraction of sp³-hybridized carbons (Fsp3) is 0.636. The normalized spacial score (nSPS) is 13.3. The van der Waals surface area contributed by atoms with E-state index in [4.69, 9.17) is 9.16 Å². The maximum atomic E-state index is 5.84. The topological polar surface area (TPSA) is 18.5 Å². The molecule has 0 atom stereocenters. The van der Waals surface area contributed by atoms with Crippen LogP contribution in [0.1, 0.15) is 20.3 Å². The predicted octanol–water partition coefficient (Wildman–Crippen LogP) is 3.68. The first-order valence-electron chi connectivity index (χ1n) is 4.93. The Balaban J connectivity index is 4.90. The molecular formula is C11H22O2Si. The van der Waals surface area contributed by atoms with Crippen LogP contribution in [0, 0.1) is 0 Å². The van der Waals surface area contributed by atoms with Crippen LogP contribution in [0.4, 0.5) is 0 Å². The number of hydrogen-bond donors (Lipinski definition) is 0. The SMILES string of the molecule is C=C(C)/C(CC)=C(\OC)O[Si](C)(C)C. The van der Waals surface area contributed by atoms with Crippen molar-refractivity contribution in [2.75, 3.05) is 7.11 Å². The van der Waals surface area contributed by atoms with Gasteiger partial charge < -0.3 is 9.16 Å². The van der Waals surface area contributed by atoms with Gasteiger partial charge in [0.15, 0.2) is 0 Å². The minimum absolute atomic E-state index is 0.652. The second-order valence-corrected chi connectivity index (χ2v) is 8.75. The van der Waals surface area contributed by atoms with Gasteiger partial charge in [0, 0.05) is 5.57 Å². The fourth-order valence-corrected chi connectivity index (χ4v) is 1.89. The summed E-state index contributed by atoms with van der Waals surface area (Å²) in [6, 6.07) is 0. The number of ether oxygens (including phenoxy) is 1. The summed E-state index contributed by atoms with van der Waals surface area (Å²) < 4.78 is 11.1. The third kappa shape index (κ3) is 4.51. The number of methoxy groups -OCH3 is 1. The summed E-state index contributed by atoms with van der Waals surface area (Å²) in [5.74, 6) is 0.652. The van der Waals surface area contributed by atoms with Crippen molar-refractivity contribution in [3.8, 4) is 0 Å². The number of hydrogen-bond acceptors (Lipinski definition) is 2. The largest absolute Gasteiger partial charge is 0.520 e. The third-order valence-corrected chi connectivity index (χ3v) is 2.50. The van der Waals surface area contributed by atoms with E-state index in [1.807, 2.05) is 6.92 Å². The molecule has 82 valence electrons. The van der Waals surface area contributed by atoms with E-state index in [1.165, 1.54) is 0 Å². The number of rotatable bonds is 5. The average Bonchev–Trinajstić information content (AvgIpc) is 2.00. The highest BCUT2D eigenvalue weighted by molar-refractivity contribution is 6.70. The van der Waals surface area contributed by atoms with Gasteiger partial charge in [0.1, 0.15) is 0 Å². The summed E-state index contributed by atoms with van der Waals surface area (Å²) in [4.78, 5) is 0. The summed E-state index contributed by atoms with van der Waals surface area (Å²) >= 11 is 0. The highest BCUT2D eigenvalue weighted by atomic mass is 28.4. The van der Waals surface area contributed by atoms with Crippen LogP contribution in [0.15, 0.2) is 23.7 Å². The minimum atomic E-state index is -1.59. The lowest BCUT2D eigenvalue weighted by molar-refractivity contribution is 0.142. The Morgan fingerprint density at radius 2 is 1.79 bits per heavy atom. The molecular weight excluding hydrogens is 192 g/mol. The first-order valence-corrected chi connectivity index (χ1v) is 8.34. The molecule has 2 nitrogen and oxygen atoms in total. The molecule has 0 aliphatic rings. The maximum absolute atomic E-state index is 5.84. The molecule has 0 N–H and O–H groups in total. The Morgan fingerprint density at radius 1 is 1.29 bits per heavy atom. The highest BCUT2D eigenvalue weighted by Gasteiger charge is 2.20. The summed E-state index contributed by atoms with van der Waals surface area (Å²) in [5.41, 5.74) is 2.09. The molecule has 0 fully saturated rings. The van der Waals surface area contributed by atoms with E-state index in [1.54, 1.807) is 7.11 Å². The number of allylic oxidation sites excluding steroid dienone is 2. The monoisotopic (exact) mass is 214 g/mol. The van der Waals surface area contributed by atoms with E-state index in [-0.39, 0.29) is 0 Å². The molecule has 0 bridgehead atoms. The molecule has 0 heterocycles. The molecule has 0 saturated heterocycles. The van der Waals surface area contributed by atoms with Crippen molar-refractivity contribution in [3.05, 3.63) is 23.7 Å². The second kappa shape index (κ2) is 5.25. The van der Waals surface area contributed by atoms with Gasteiger partial charge >= 0.3 is 0 Å². The van der Waals surface area contributed by atoms with Crippen LogP contribution in [0.2, 0.25) is 19.6 Å². The lowest BCUT2D eigenvalue weighted by Gasteiger charge is -2.23. The molecule has 0 unspecified atom stereocenters. The molecule has 0 saturated carbocycles. The Bertz CT molecular complexity index is 236. The molecule has 3 heteroatoms. The van der Waals surface area contributed by atoms with Gasteiger partial charge in [-0.25, -0.2) is 0 Å². The summed E-state index contributed by atoms with van der Waals surface area (Å²) in [6.45, 7) is 14.4. The molecule has 0 aromatic carbocycles. The smallest absolute Gasteiger partial charge is 0.268 e. The summed E-state index contributed by atoms with van der Waals surface area (Å²) in [5, 5.41) is 0. The molecule has 0 aliphatic carbocycles. The maximum Gasteiger partial charge on any atom is 0.268 e. The zero-order valence-electron chi connectivity index (χ0n) is 10.2. The Hall–Kier alpha value is -0.703. The Morgan fingerprint density at radius 3 is 2.00 bits per heavy atom. The zero-order valence-corrected chi connectivity index (χ0v) is 11.2. The van der Waals surface area contributed by atoms with Gasteiger partial charge in [0.05, 0.1) is 7.11 Å². The van der Waals surface area contributed by atoms with Crippen LogP contribution < -0.4 is 0 Å². The molecule has 0 aliphatic heterocycles.